The van der Waals surface area contributed by atoms with Gasteiger partial charge in [-0.1, -0.05) is 74.7 Å². The largest absolute Gasteiger partial charge is 0.361 e. The van der Waals surface area contributed by atoms with Crippen molar-refractivity contribution in [3.8, 4) is 0 Å². The van der Waals surface area contributed by atoms with E-state index >= 15 is 0 Å². The summed E-state index contributed by atoms with van der Waals surface area (Å²) in [7, 11) is 0. The molecule has 1 aromatic heterocycles. The minimum absolute atomic E-state index is 0.00733. The number of para-hydroxylation sites is 1. The second kappa shape index (κ2) is 12.3. The van der Waals surface area contributed by atoms with E-state index in [0.29, 0.717) is 36.1 Å². The Labute approximate surface area is 212 Å². The summed E-state index contributed by atoms with van der Waals surface area (Å²) in [5.41, 5.74) is 3.13. The molecule has 0 bridgehead atoms. The number of H-pyrrole nitrogens is 1. The zero-order valence-corrected chi connectivity index (χ0v) is 21.6. The molecule has 0 saturated heterocycles. The molecule has 1 heterocycles. The molecule has 0 saturated carbocycles. The van der Waals surface area contributed by atoms with Crippen molar-refractivity contribution in [2.24, 2.45) is 5.92 Å². The molecule has 0 atom stereocenters. The number of carbonyl (C=O) groups is 2. The van der Waals surface area contributed by atoms with Crippen molar-refractivity contribution < 1.29 is 9.59 Å². The monoisotopic (exact) mass is 501 g/mol. The molecule has 3 rings (SSSR count). The van der Waals surface area contributed by atoms with Crippen LogP contribution in [0.4, 0.5) is 0 Å². The SMILES string of the molecule is CCCCN(CC(=O)N(CCc1c[nH]c2ccccc12)Cc1ccc(Cl)c(Cl)c1)C(=O)C(C)C. The predicted molar refractivity (Wildman–Crippen MR) is 140 cm³/mol. The first kappa shape index (κ1) is 26.1. The van der Waals surface area contributed by atoms with Gasteiger partial charge in [0.2, 0.25) is 11.8 Å². The quantitative estimate of drug-likeness (QED) is 0.333. The smallest absolute Gasteiger partial charge is 0.242 e. The average Bonchev–Trinajstić information content (AvgIpc) is 3.24. The number of benzene rings is 2. The fraction of sp³-hybridized carbons (Fsp3) is 0.407. The first-order valence-electron chi connectivity index (χ1n) is 11.9. The topological polar surface area (TPSA) is 56.4 Å². The zero-order chi connectivity index (χ0) is 24.7. The van der Waals surface area contributed by atoms with E-state index < -0.39 is 0 Å². The molecule has 0 fully saturated rings. The number of nitrogens with one attached hydrogen (secondary N) is 1. The van der Waals surface area contributed by atoms with Crippen molar-refractivity contribution in [2.45, 2.75) is 46.6 Å². The number of amides is 2. The zero-order valence-electron chi connectivity index (χ0n) is 20.1. The van der Waals surface area contributed by atoms with Crippen LogP contribution in [0.1, 0.15) is 44.7 Å². The minimum atomic E-state index is -0.153. The summed E-state index contributed by atoms with van der Waals surface area (Å²) in [6, 6.07) is 13.6. The molecule has 5 nitrogen and oxygen atoms in total. The molecular weight excluding hydrogens is 469 g/mol. The number of hydrogen-bond donors (Lipinski definition) is 1. The van der Waals surface area contributed by atoms with Crippen LogP contribution in [0.15, 0.2) is 48.7 Å². The number of aromatic nitrogens is 1. The maximum atomic E-state index is 13.5. The molecule has 182 valence electrons. The third-order valence-electron chi connectivity index (χ3n) is 5.95. The molecule has 1 N–H and O–H groups in total. The summed E-state index contributed by atoms with van der Waals surface area (Å²) in [6.07, 6.45) is 4.53. The highest BCUT2D eigenvalue weighted by atomic mass is 35.5. The number of nitrogens with zero attached hydrogens (tertiary/aromatic N) is 2. The van der Waals surface area contributed by atoms with Gasteiger partial charge in [0.05, 0.1) is 16.6 Å². The standard InChI is InChI=1S/C27H33Cl2N3O2/c1-4-5-13-32(27(34)19(2)3)18-26(33)31(17-20-10-11-23(28)24(29)15-20)14-12-21-16-30-25-9-7-6-8-22(21)25/h6-11,15-16,19,30H,4-5,12-14,17-18H2,1-3H3. The summed E-state index contributed by atoms with van der Waals surface area (Å²) in [6.45, 7) is 7.41. The lowest BCUT2D eigenvalue weighted by Crippen LogP contribution is -2.45. The highest BCUT2D eigenvalue weighted by Gasteiger charge is 2.23. The molecule has 0 spiro atoms. The van der Waals surface area contributed by atoms with Gasteiger partial charge in [0.1, 0.15) is 0 Å². The van der Waals surface area contributed by atoms with E-state index in [2.05, 4.69) is 18.0 Å². The number of rotatable bonds is 11. The second-order valence-corrected chi connectivity index (χ2v) is 9.76. The van der Waals surface area contributed by atoms with Crippen molar-refractivity contribution >= 4 is 45.9 Å². The van der Waals surface area contributed by atoms with Crippen molar-refractivity contribution in [1.29, 1.82) is 0 Å². The van der Waals surface area contributed by atoms with Crippen LogP contribution < -0.4 is 0 Å². The van der Waals surface area contributed by atoms with Crippen molar-refractivity contribution in [2.75, 3.05) is 19.6 Å². The van der Waals surface area contributed by atoms with Gasteiger partial charge in [-0.15, -0.1) is 0 Å². The highest BCUT2D eigenvalue weighted by molar-refractivity contribution is 6.42. The fourth-order valence-electron chi connectivity index (χ4n) is 3.99. The molecule has 0 aliphatic rings. The Hall–Kier alpha value is -2.50. The lowest BCUT2D eigenvalue weighted by molar-refractivity contribution is -0.142. The summed E-state index contributed by atoms with van der Waals surface area (Å²) in [4.78, 5) is 33.1. The summed E-state index contributed by atoms with van der Waals surface area (Å²) in [5.74, 6) is -0.219. The number of fused-ring (bicyclic) bond motifs is 1. The van der Waals surface area contributed by atoms with E-state index in [1.54, 1.807) is 17.0 Å². The lowest BCUT2D eigenvalue weighted by atomic mass is 10.1. The Morgan fingerprint density at radius 2 is 1.76 bits per heavy atom. The van der Waals surface area contributed by atoms with Crippen LogP contribution in [0.3, 0.4) is 0 Å². The normalized spacial score (nSPS) is 11.2. The third kappa shape index (κ3) is 6.77. The van der Waals surface area contributed by atoms with Gasteiger partial charge in [0.15, 0.2) is 0 Å². The molecule has 0 radical (unpaired) electrons. The van der Waals surface area contributed by atoms with Crippen LogP contribution in [-0.2, 0) is 22.6 Å². The maximum absolute atomic E-state index is 13.5. The molecule has 2 amide bonds. The number of carbonyl (C=O) groups excluding carboxylic acids is 2. The Morgan fingerprint density at radius 3 is 2.47 bits per heavy atom. The Bertz CT molecular complexity index is 1130. The first-order valence-corrected chi connectivity index (χ1v) is 12.6. The van der Waals surface area contributed by atoms with E-state index in [9.17, 15) is 9.59 Å². The van der Waals surface area contributed by atoms with Gasteiger partial charge in [0, 0.05) is 42.7 Å². The number of unbranched alkanes of at least 4 members (excludes halogenated alkanes) is 1. The van der Waals surface area contributed by atoms with Gasteiger partial charge >= 0.3 is 0 Å². The van der Waals surface area contributed by atoms with Crippen LogP contribution in [-0.4, -0.2) is 46.2 Å². The van der Waals surface area contributed by atoms with Crippen LogP contribution in [0, 0.1) is 5.92 Å². The van der Waals surface area contributed by atoms with E-state index in [1.807, 2.05) is 49.2 Å². The number of hydrogen-bond acceptors (Lipinski definition) is 2. The van der Waals surface area contributed by atoms with Crippen molar-refractivity contribution in [3.63, 3.8) is 0 Å². The molecule has 0 aliphatic carbocycles. The molecule has 7 heteroatoms. The number of halogens is 2. The Balaban J connectivity index is 1.80. The minimum Gasteiger partial charge on any atom is -0.361 e. The van der Waals surface area contributed by atoms with Gasteiger partial charge in [-0.2, -0.15) is 0 Å². The lowest BCUT2D eigenvalue weighted by Gasteiger charge is -2.29. The van der Waals surface area contributed by atoms with Gasteiger partial charge in [0.25, 0.3) is 0 Å². The fourth-order valence-corrected chi connectivity index (χ4v) is 4.31. The Kier molecular flexibility index (Phi) is 9.43. The predicted octanol–water partition coefficient (Wildman–Crippen LogP) is 6.33. The van der Waals surface area contributed by atoms with Crippen molar-refractivity contribution in [1.82, 2.24) is 14.8 Å². The van der Waals surface area contributed by atoms with Crippen LogP contribution in [0.2, 0.25) is 10.0 Å². The van der Waals surface area contributed by atoms with E-state index in [1.165, 1.54) is 0 Å². The van der Waals surface area contributed by atoms with Gasteiger partial charge in [-0.25, -0.2) is 0 Å². The Morgan fingerprint density at radius 1 is 1.00 bits per heavy atom. The van der Waals surface area contributed by atoms with E-state index in [-0.39, 0.29) is 24.3 Å². The van der Waals surface area contributed by atoms with Crippen molar-refractivity contribution in [3.05, 3.63) is 69.8 Å². The highest BCUT2D eigenvalue weighted by Crippen LogP contribution is 2.24. The molecule has 34 heavy (non-hydrogen) atoms. The average molecular weight is 502 g/mol. The maximum Gasteiger partial charge on any atom is 0.242 e. The molecule has 0 aliphatic heterocycles. The summed E-state index contributed by atoms with van der Waals surface area (Å²) >= 11 is 12.3. The van der Waals surface area contributed by atoms with Gasteiger partial charge in [-0.05, 0) is 42.2 Å². The molecule has 3 aromatic rings. The molecular formula is C27H33Cl2N3O2. The second-order valence-electron chi connectivity index (χ2n) is 8.94. The first-order chi connectivity index (χ1) is 16.3. The van der Waals surface area contributed by atoms with Crippen LogP contribution in [0.25, 0.3) is 10.9 Å². The van der Waals surface area contributed by atoms with E-state index in [4.69, 9.17) is 23.2 Å². The molecule has 0 unspecified atom stereocenters. The third-order valence-corrected chi connectivity index (χ3v) is 6.69. The van der Waals surface area contributed by atoms with Gasteiger partial charge in [-0.3, -0.25) is 9.59 Å². The summed E-state index contributed by atoms with van der Waals surface area (Å²) in [5, 5.41) is 2.10. The number of aromatic amines is 1. The van der Waals surface area contributed by atoms with Crippen LogP contribution in [0.5, 0.6) is 0 Å². The summed E-state index contributed by atoms with van der Waals surface area (Å²) < 4.78 is 0. The molecule has 2 aromatic carbocycles. The van der Waals surface area contributed by atoms with Gasteiger partial charge < -0.3 is 14.8 Å². The van der Waals surface area contributed by atoms with E-state index in [0.717, 1.165) is 34.9 Å². The van der Waals surface area contributed by atoms with Crippen LogP contribution >= 0.6 is 23.2 Å².